The third-order valence-electron chi connectivity index (χ3n) is 3.74. The topological polar surface area (TPSA) is 41.0 Å². The molecule has 0 saturated heterocycles. The number of fused-ring (bicyclic) bond motifs is 1. The van der Waals surface area contributed by atoms with Gasteiger partial charge < -0.3 is 10.2 Å². The molecule has 1 aromatic heterocycles. The number of benzene rings is 1. The molecule has 1 aliphatic rings. The number of hydrogen-bond acceptors (Lipinski definition) is 4. The van der Waals surface area contributed by atoms with Crippen molar-refractivity contribution in [3.8, 4) is 0 Å². The van der Waals surface area contributed by atoms with Gasteiger partial charge in [0.1, 0.15) is 0 Å². The van der Waals surface area contributed by atoms with Crippen molar-refractivity contribution in [1.82, 2.24) is 15.5 Å². The number of aromatic nitrogens is 2. The van der Waals surface area contributed by atoms with Gasteiger partial charge in [-0.25, -0.2) is 0 Å². The molecule has 4 heteroatoms. The molecule has 0 aliphatic carbocycles. The molecule has 0 spiro atoms. The van der Waals surface area contributed by atoms with Crippen molar-refractivity contribution in [2.45, 2.75) is 25.9 Å². The van der Waals surface area contributed by atoms with Gasteiger partial charge in [0.15, 0.2) is 5.82 Å². The molecular formula is C16H20N4. The van der Waals surface area contributed by atoms with Crippen LogP contribution in [-0.4, -0.2) is 23.8 Å². The van der Waals surface area contributed by atoms with Gasteiger partial charge in [0.25, 0.3) is 0 Å². The predicted octanol–water partition coefficient (Wildman–Crippen LogP) is 2.15. The van der Waals surface area contributed by atoms with Crippen LogP contribution in [0.3, 0.4) is 0 Å². The third-order valence-corrected chi connectivity index (χ3v) is 3.74. The number of hydrogen-bond donors (Lipinski definition) is 1. The molecule has 0 atom stereocenters. The van der Waals surface area contributed by atoms with E-state index in [1.165, 1.54) is 11.1 Å². The molecule has 2 aromatic rings. The van der Waals surface area contributed by atoms with Gasteiger partial charge in [-0.15, -0.1) is 5.10 Å². The summed E-state index contributed by atoms with van der Waals surface area (Å²) in [7, 11) is 1.92. The van der Waals surface area contributed by atoms with Crippen LogP contribution in [0.1, 0.15) is 23.2 Å². The summed E-state index contributed by atoms with van der Waals surface area (Å²) in [5.41, 5.74) is 3.85. The highest BCUT2D eigenvalue weighted by atomic mass is 15.3. The van der Waals surface area contributed by atoms with E-state index in [1.54, 1.807) is 0 Å². The first-order valence-electron chi connectivity index (χ1n) is 7.16. The highest BCUT2D eigenvalue weighted by molar-refractivity contribution is 5.41. The Balaban J connectivity index is 1.80. The molecule has 0 saturated carbocycles. The zero-order valence-corrected chi connectivity index (χ0v) is 11.8. The maximum Gasteiger partial charge on any atom is 0.151 e. The van der Waals surface area contributed by atoms with Crippen molar-refractivity contribution >= 4 is 5.82 Å². The van der Waals surface area contributed by atoms with Crippen LogP contribution in [0.4, 0.5) is 5.82 Å². The Morgan fingerprint density at radius 2 is 1.95 bits per heavy atom. The second-order valence-electron chi connectivity index (χ2n) is 5.21. The fourth-order valence-corrected chi connectivity index (χ4v) is 2.69. The van der Waals surface area contributed by atoms with Crippen molar-refractivity contribution in [3.63, 3.8) is 0 Å². The average Bonchev–Trinajstić information content (AvgIpc) is 2.70. The van der Waals surface area contributed by atoms with Gasteiger partial charge in [0.05, 0.1) is 5.69 Å². The number of rotatable bonds is 3. The van der Waals surface area contributed by atoms with E-state index in [2.05, 4.69) is 56.8 Å². The molecule has 1 N–H and O–H groups in total. The molecule has 1 aromatic carbocycles. The minimum atomic E-state index is 0.760. The quantitative estimate of drug-likeness (QED) is 0.926. The molecule has 2 heterocycles. The summed E-state index contributed by atoms with van der Waals surface area (Å²) in [4.78, 5) is 2.32. The molecule has 104 valence electrons. The zero-order valence-electron chi connectivity index (χ0n) is 11.8. The second kappa shape index (κ2) is 6.01. The zero-order chi connectivity index (χ0) is 13.8. The van der Waals surface area contributed by atoms with Crippen LogP contribution in [-0.2, 0) is 19.5 Å². The van der Waals surface area contributed by atoms with Crippen molar-refractivity contribution < 1.29 is 0 Å². The van der Waals surface area contributed by atoms with Gasteiger partial charge in [0, 0.05) is 19.6 Å². The number of nitrogens with one attached hydrogen (secondary N) is 1. The fourth-order valence-electron chi connectivity index (χ4n) is 2.69. The van der Waals surface area contributed by atoms with Crippen LogP contribution in [0.15, 0.2) is 36.4 Å². The fraction of sp³-hybridized carbons (Fsp3) is 0.375. The van der Waals surface area contributed by atoms with E-state index in [0.717, 1.165) is 44.0 Å². The van der Waals surface area contributed by atoms with Gasteiger partial charge >= 0.3 is 0 Å². The maximum atomic E-state index is 4.37. The Bertz CT molecular complexity index is 565. The Morgan fingerprint density at radius 1 is 1.10 bits per heavy atom. The van der Waals surface area contributed by atoms with E-state index < -0.39 is 0 Å². The highest BCUT2D eigenvalue weighted by Crippen LogP contribution is 2.22. The van der Waals surface area contributed by atoms with E-state index in [4.69, 9.17) is 0 Å². The van der Waals surface area contributed by atoms with Crippen molar-refractivity contribution in [3.05, 3.63) is 53.2 Å². The normalized spacial score (nSPS) is 14.8. The molecule has 20 heavy (non-hydrogen) atoms. The number of anilines is 1. The van der Waals surface area contributed by atoms with Crippen LogP contribution in [0.5, 0.6) is 0 Å². The van der Waals surface area contributed by atoms with Crippen molar-refractivity contribution in [2.24, 2.45) is 0 Å². The Hall–Kier alpha value is -1.94. The van der Waals surface area contributed by atoms with Crippen LogP contribution < -0.4 is 10.2 Å². The van der Waals surface area contributed by atoms with E-state index in [0.29, 0.717) is 0 Å². The highest BCUT2D eigenvalue weighted by Gasteiger charge is 2.15. The van der Waals surface area contributed by atoms with Gasteiger partial charge in [-0.1, -0.05) is 24.3 Å². The van der Waals surface area contributed by atoms with Gasteiger partial charge in [-0.2, -0.15) is 5.10 Å². The van der Waals surface area contributed by atoms with E-state index in [1.807, 2.05) is 7.05 Å². The molecule has 3 rings (SSSR count). The van der Waals surface area contributed by atoms with Gasteiger partial charge in [-0.3, -0.25) is 0 Å². The summed E-state index contributed by atoms with van der Waals surface area (Å²) in [6, 6.07) is 12.8. The third kappa shape index (κ3) is 2.80. The summed E-state index contributed by atoms with van der Waals surface area (Å²) in [6.07, 6.45) is 2.31. The van der Waals surface area contributed by atoms with E-state index in [-0.39, 0.29) is 0 Å². The summed E-state index contributed by atoms with van der Waals surface area (Å²) >= 11 is 0. The van der Waals surface area contributed by atoms with Crippen LogP contribution in [0.25, 0.3) is 0 Å². The smallest absolute Gasteiger partial charge is 0.151 e. The predicted molar refractivity (Wildman–Crippen MR) is 80.6 cm³/mol. The first kappa shape index (κ1) is 13.1. The summed E-state index contributed by atoms with van der Waals surface area (Å²) in [5, 5.41) is 11.7. The monoisotopic (exact) mass is 268 g/mol. The number of aryl methyl sites for hydroxylation is 1. The first-order valence-corrected chi connectivity index (χ1v) is 7.16. The van der Waals surface area contributed by atoms with Crippen LogP contribution in [0.2, 0.25) is 0 Å². The van der Waals surface area contributed by atoms with Crippen molar-refractivity contribution in [1.29, 1.82) is 0 Å². The van der Waals surface area contributed by atoms with Crippen molar-refractivity contribution in [2.75, 3.05) is 18.5 Å². The molecule has 0 fully saturated rings. The maximum absolute atomic E-state index is 4.37. The average molecular weight is 268 g/mol. The molecular weight excluding hydrogens is 248 g/mol. The lowest BCUT2D eigenvalue weighted by Gasteiger charge is -2.21. The van der Waals surface area contributed by atoms with Gasteiger partial charge in [-0.05, 0) is 43.1 Å². The lowest BCUT2D eigenvalue weighted by molar-refractivity contribution is 0.726. The van der Waals surface area contributed by atoms with Crippen LogP contribution in [0, 0.1) is 0 Å². The van der Waals surface area contributed by atoms with E-state index in [9.17, 15) is 0 Å². The molecule has 0 bridgehead atoms. The first-order chi connectivity index (χ1) is 9.86. The molecule has 0 radical (unpaired) electrons. The summed E-state index contributed by atoms with van der Waals surface area (Å²) < 4.78 is 0. The van der Waals surface area contributed by atoms with Crippen LogP contribution >= 0.6 is 0 Å². The Labute approximate surface area is 119 Å². The second-order valence-corrected chi connectivity index (χ2v) is 5.21. The molecule has 4 nitrogen and oxygen atoms in total. The minimum Gasteiger partial charge on any atom is -0.351 e. The van der Waals surface area contributed by atoms with Gasteiger partial charge in [0.2, 0.25) is 0 Å². The summed E-state index contributed by atoms with van der Waals surface area (Å²) in [6.45, 7) is 2.72. The standard InChI is InChI=1S/C16H20N4/c1-17-11-15-8-9-16(19-18-15)20-10-4-7-13-5-2-3-6-14(13)12-20/h2-3,5-6,8-9,17H,4,7,10-12H2,1H3. The Kier molecular flexibility index (Phi) is 3.92. The largest absolute Gasteiger partial charge is 0.351 e. The Morgan fingerprint density at radius 3 is 2.70 bits per heavy atom. The lowest BCUT2D eigenvalue weighted by Crippen LogP contribution is -2.24. The lowest BCUT2D eigenvalue weighted by atomic mass is 10.0. The minimum absolute atomic E-state index is 0.760. The SMILES string of the molecule is CNCc1ccc(N2CCCc3ccccc3C2)nn1. The molecule has 1 aliphatic heterocycles. The van der Waals surface area contributed by atoms with E-state index >= 15 is 0 Å². The summed E-state index contributed by atoms with van der Waals surface area (Å²) in [5.74, 6) is 0.974. The number of nitrogens with zero attached hydrogens (tertiary/aromatic N) is 3. The molecule has 0 unspecified atom stereocenters. The molecule has 0 amide bonds.